The molecule has 12 heteroatoms. The molecule has 2 rings (SSSR count). The number of nitrogens with zero attached hydrogens (tertiary/aromatic N) is 1. The van der Waals surface area contributed by atoms with Gasteiger partial charge in [0.15, 0.2) is 0 Å². The van der Waals surface area contributed by atoms with Crippen molar-refractivity contribution < 1.29 is 37.9 Å². The van der Waals surface area contributed by atoms with E-state index >= 15 is 0 Å². The first-order valence-electron chi connectivity index (χ1n) is 12.6. The van der Waals surface area contributed by atoms with Gasteiger partial charge in [-0.15, -0.1) is 0 Å². The Bertz CT molecular complexity index is 908. The zero-order valence-corrected chi connectivity index (χ0v) is 22.5. The van der Waals surface area contributed by atoms with E-state index in [4.69, 9.17) is 0 Å². The number of Topliss-reactive ketones (excluding diaryl/α,β-unsaturated/α-hetero) is 1. The zero-order chi connectivity index (χ0) is 28.3. The molecule has 2 fully saturated rings. The Morgan fingerprint density at radius 2 is 1.62 bits per heavy atom. The molecule has 1 aliphatic carbocycles. The molecule has 1 saturated carbocycles. The van der Waals surface area contributed by atoms with Gasteiger partial charge in [0.05, 0.1) is 6.04 Å². The van der Waals surface area contributed by atoms with Crippen LogP contribution < -0.4 is 16.0 Å². The van der Waals surface area contributed by atoms with E-state index in [2.05, 4.69) is 16.0 Å². The van der Waals surface area contributed by atoms with Gasteiger partial charge in [-0.2, -0.15) is 0 Å². The SMILES string of the molecule is CC(F)(F)CCC(NC(=O)C1CCC(C)(C)CN1C(=O)[C@@H](NC(=O)O)C(C)(C)C)C(=O)C(=O)NC1CC1. The average Bonchev–Trinajstić information content (AvgIpc) is 3.55. The van der Waals surface area contributed by atoms with Crippen LogP contribution in [0.25, 0.3) is 0 Å². The molecule has 0 aromatic carbocycles. The fourth-order valence-corrected chi connectivity index (χ4v) is 4.35. The number of carbonyl (C=O) groups excluding carboxylic acids is 4. The van der Waals surface area contributed by atoms with Crippen LogP contribution >= 0.6 is 0 Å². The van der Waals surface area contributed by atoms with Gasteiger partial charge < -0.3 is 26.0 Å². The van der Waals surface area contributed by atoms with Crippen LogP contribution in [-0.2, 0) is 19.2 Å². The van der Waals surface area contributed by atoms with Crippen LogP contribution in [0.1, 0.15) is 80.1 Å². The Morgan fingerprint density at radius 1 is 1.03 bits per heavy atom. The van der Waals surface area contributed by atoms with Crippen molar-refractivity contribution in [3.8, 4) is 0 Å². The monoisotopic (exact) mass is 530 g/mol. The third-order valence-electron chi connectivity index (χ3n) is 6.68. The number of nitrogens with one attached hydrogen (secondary N) is 3. The molecule has 37 heavy (non-hydrogen) atoms. The number of piperidine rings is 1. The van der Waals surface area contributed by atoms with Crippen LogP contribution in [0.2, 0.25) is 0 Å². The number of carbonyl (C=O) groups is 5. The van der Waals surface area contributed by atoms with Crippen LogP contribution in [0.5, 0.6) is 0 Å². The molecule has 0 aromatic rings. The van der Waals surface area contributed by atoms with Gasteiger partial charge in [-0.05, 0) is 49.9 Å². The number of likely N-dealkylation sites (tertiary alicyclic amines) is 1. The van der Waals surface area contributed by atoms with Gasteiger partial charge in [0.25, 0.3) is 5.91 Å². The fourth-order valence-electron chi connectivity index (χ4n) is 4.35. The van der Waals surface area contributed by atoms with Crippen LogP contribution in [0.4, 0.5) is 13.6 Å². The van der Waals surface area contributed by atoms with Crippen molar-refractivity contribution in [1.29, 1.82) is 0 Å². The normalized spacial score (nSPS) is 21.4. The topological polar surface area (TPSA) is 145 Å². The molecule has 210 valence electrons. The Labute approximate surface area is 216 Å². The lowest BCUT2D eigenvalue weighted by Gasteiger charge is -2.45. The largest absolute Gasteiger partial charge is 0.465 e. The lowest BCUT2D eigenvalue weighted by molar-refractivity contribution is -0.150. The summed E-state index contributed by atoms with van der Waals surface area (Å²) in [7, 11) is 0. The lowest BCUT2D eigenvalue weighted by atomic mass is 9.79. The number of rotatable bonds is 10. The first-order chi connectivity index (χ1) is 16.8. The summed E-state index contributed by atoms with van der Waals surface area (Å²) in [6, 6.07) is -3.84. The van der Waals surface area contributed by atoms with Crippen molar-refractivity contribution in [3.05, 3.63) is 0 Å². The molecule has 1 aliphatic heterocycles. The molecule has 10 nitrogen and oxygen atoms in total. The van der Waals surface area contributed by atoms with E-state index in [0.29, 0.717) is 13.3 Å². The van der Waals surface area contributed by atoms with Crippen molar-refractivity contribution in [2.75, 3.05) is 6.54 Å². The maximum absolute atomic E-state index is 13.6. The van der Waals surface area contributed by atoms with E-state index in [1.54, 1.807) is 20.8 Å². The minimum atomic E-state index is -3.12. The van der Waals surface area contributed by atoms with Crippen LogP contribution in [0.3, 0.4) is 0 Å². The number of hydrogen-bond donors (Lipinski definition) is 4. The van der Waals surface area contributed by atoms with E-state index in [1.807, 2.05) is 13.8 Å². The molecular weight excluding hydrogens is 490 g/mol. The van der Waals surface area contributed by atoms with E-state index in [1.165, 1.54) is 4.90 Å². The molecule has 1 saturated heterocycles. The van der Waals surface area contributed by atoms with Crippen LogP contribution in [0.15, 0.2) is 0 Å². The Kier molecular flexibility index (Phi) is 9.30. The number of ketones is 1. The van der Waals surface area contributed by atoms with E-state index in [9.17, 15) is 37.9 Å². The van der Waals surface area contributed by atoms with Gasteiger partial charge in [0.2, 0.25) is 23.5 Å². The molecule has 0 radical (unpaired) electrons. The fraction of sp³-hybridized carbons (Fsp3) is 0.800. The highest BCUT2D eigenvalue weighted by atomic mass is 19.3. The number of alkyl halides is 2. The van der Waals surface area contributed by atoms with Crippen LogP contribution in [-0.4, -0.2) is 76.2 Å². The highest BCUT2D eigenvalue weighted by Gasteiger charge is 2.45. The first-order valence-corrected chi connectivity index (χ1v) is 12.6. The van der Waals surface area contributed by atoms with E-state index < -0.39 is 71.9 Å². The van der Waals surface area contributed by atoms with Gasteiger partial charge in [-0.25, -0.2) is 13.6 Å². The zero-order valence-electron chi connectivity index (χ0n) is 22.5. The molecule has 2 unspecified atom stereocenters. The first kappa shape index (κ1) is 30.4. The predicted octanol–water partition coefficient (Wildman–Crippen LogP) is 2.45. The van der Waals surface area contributed by atoms with Crippen molar-refractivity contribution in [3.63, 3.8) is 0 Å². The summed E-state index contributed by atoms with van der Waals surface area (Å²) in [4.78, 5) is 64.8. The number of amides is 4. The third kappa shape index (κ3) is 9.23. The second kappa shape index (κ2) is 11.3. The summed E-state index contributed by atoms with van der Waals surface area (Å²) in [6.45, 7) is 9.72. The van der Waals surface area contributed by atoms with Crippen molar-refractivity contribution >= 4 is 29.6 Å². The van der Waals surface area contributed by atoms with Gasteiger partial charge in [0, 0.05) is 19.0 Å². The minimum absolute atomic E-state index is 0.134. The van der Waals surface area contributed by atoms with Gasteiger partial charge in [-0.1, -0.05) is 34.6 Å². The van der Waals surface area contributed by atoms with Crippen LogP contribution in [0, 0.1) is 10.8 Å². The number of halogens is 2. The summed E-state index contributed by atoms with van der Waals surface area (Å²) < 4.78 is 27.2. The number of carboxylic acid groups (broad SMARTS) is 1. The summed E-state index contributed by atoms with van der Waals surface area (Å²) in [6.07, 6.45) is -0.366. The molecule has 0 aromatic heterocycles. The minimum Gasteiger partial charge on any atom is -0.465 e. The molecule has 4 amide bonds. The molecule has 4 N–H and O–H groups in total. The standard InChI is InChI=1S/C25H40F2N4O6/c1-23(2,3)18(30-22(36)37)21(35)31-13-24(4,5)11-10-16(31)19(33)29-15(9-12-25(6,26)27)17(32)20(34)28-14-7-8-14/h14-16,18,30H,7-13H2,1-6H3,(H,28,34)(H,29,33)(H,36,37)/t15?,16?,18-/m1/s1. The predicted molar refractivity (Wildman–Crippen MR) is 131 cm³/mol. The molecule has 1 heterocycles. The Balaban J connectivity index is 2.30. The van der Waals surface area contributed by atoms with Crippen molar-refractivity contribution in [1.82, 2.24) is 20.9 Å². The second-order valence-electron chi connectivity index (χ2n) is 12.2. The highest BCUT2D eigenvalue weighted by molar-refractivity contribution is 6.38. The van der Waals surface area contributed by atoms with Gasteiger partial charge in [0.1, 0.15) is 12.1 Å². The lowest BCUT2D eigenvalue weighted by Crippen LogP contribution is -2.63. The average molecular weight is 531 g/mol. The van der Waals surface area contributed by atoms with Crippen molar-refractivity contribution in [2.45, 2.75) is 110 Å². The molecule has 3 atom stereocenters. The Morgan fingerprint density at radius 3 is 2.11 bits per heavy atom. The highest BCUT2D eigenvalue weighted by Crippen LogP contribution is 2.34. The summed E-state index contributed by atoms with van der Waals surface area (Å²) in [5.74, 6) is -6.42. The van der Waals surface area contributed by atoms with E-state index in [-0.39, 0.29) is 24.4 Å². The van der Waals surface area contributed by atoms with Gasteiger partial charge >= 0.3 is 6.09 Å². The van der Waals surface area contributed by atoms with Gasteiger partial charge in [-0.3, -0.25) is 19.2 Å². The molecule has 2 aliphatic rings. The smallest absolute Gasteiger partial charge is 0.405 e. The maximum Gasteiger partial charge on any atom is 0.405 e. The maximum atomic E-state index is 13.6. The Hall–Kier alpha value is -2.79. The number of hydrogen-bond acceptors (Lipinski definition) is 5. The summed E-state index contributed by atoms with van der Waals surface area (Å²) in [5.41, 5.74) is -1.19. The molecular formula is C25H40F2N4O6. The molecule has 0 bridgehead atoms. The second-order valence-corrected chi connectivity index (χ2v) is 12.2. The summed E-state index contributed by atoms with van der Waals surface area (Å²) in [5, 5.41) is 16.5. The van der Waals surface area contributed by atoms with E-state index in [0.717, 1.165) is 12.8 Å². The van der Waals surface area contributed by atoms with Crippen molar-refractivity contribution in [2.24, 2.45) is 10.8 Å². The third-order valence-corrected chi connectivity index (χ3v) is 6.68. The quantitative estimate of drug-likeness (QED) is 0.319. The molecule has 0 spiro atoms. The summed E-state index contributed by atoms with van der Waals surface area (Å²) >= 11 is 0.